The third kappa shape index (κ3) is 2.50. The summed E-state index contributed by atoms with van der Waals surface area (Å²) in [5.74, 6) is -0.599. The van der Waals surface area contributed by atoms with Crippen molar-refractivity contribution < 1.29 is 14.3 Å². The number of esters is 1. The first kappa shape index (κ1) is 14.4. The van der Waals surface area contributed by atoms with Crippen LogP contribution in [0.25, 0.3) is 10.9 Å². The number of ether oxygens (including phenoxy) is 1. The van der Waals surface area contributed by atoms with Crippen molar-refractivity contribution >= 4 is 28.5 Å². The maximum absolute atomic E-state index is 12.4. The normalized spacial score (nSPS) is 15.8. The molecule has 1 aromatic heterocycles. The third-order valence-electron chi connectivity index (χ3n) is 4.05. The second-order valence-electron chi connectivity index (χ2n) is 5.61. The van der Waals surface area contributed by atoms with E-state index >= 15 is 0 Å². The van der Waals surface area contributed by atoms with Crippen molar-refractivity contribution in [2.24, 2.45) is 0 Å². The fraction of sp³-hybridized carbons (Fsp3) is 0.105. The monoisotopic (exact) mass is 318 g/mol. The summed E-state index contributed by atoms with van der Waals surface area (Å²) in [4.78, 5) is 28.5. The number of carbonyl (C=O) groups excluding carboxylic acids is 2. The molecule has 1 N–H and O–H groups in total. The standard InChI is InChI=1S/C19H14N2O3/c22-17(11-16-13-7-1-2-8-14(13)19(23)24-16)21-15-9-3-5-12-6-4-10-20-18(12)15/h1-10,16H,11H2,(H,21,22)/t16-/m1/s1. The highest BCUT2D eigenvalue weighted by Gasteiger charge is 2.32. The van der Waals surface area contributed by atoms with Gasteiger partial charge in [0.05, 0.1) is 23.2 Å². The first-order valence-electron chi connectivity index (χ1n) is 7.66. The minimum absolute atomic E-state index is 0.0754. The Labute approximate surface area is 138 Å². The highest BCUT2D eigenvalue weighted by molar-refractivity contribution is 6.01. The lowest BCUT2D eigenvalue weighted by Crippen LogP contribution is -2.16. The van der Waals surface area contributed by atoms with Crippen molar-refractivity contribution in [3.05, 3.63) is 71.9 Å². The number of hydrogen-bond donors (Lipinski definition) is 1. The van der Waals surface area contributed by atoms with Crippen molar-refractivity contribution in [1.29, 1.82) is 0 Å². The molecule has 0 radical (unpaired) electrons. The van der Waals surface area contributed by atoms with Gasteiger partial charge in [-0.1, -0.05) is 36.4 Å². The van der Waals surface area contributed by atoms with Crippen molar-refractivity contribution in [2.45, 2.75) is 12.5 Å². The summed E-state index contributed by atoms with van der Waals surface area (Å²) in [6.07, 6.45) is 1.22. The Kier molecular flexibility index (Phi) is 3.46. The van der Waals surface area contributed by atoms with E-state index in [0.717, 1.165) is 16.5 Å². The van der Waals surface area contributed by atoms with Gasteiger partial charge in [-0.15, -0.1) is 0 Å². The molecule has 3 aromatic rings. The average Bonchev–Trinajstić information content (AvgIpc) is 2.91. The molecule has 118 valence electrons. The molecule has 0 spiro atoms. The van der Waals surface area contributed by atoms with Crippen molar-refractivity contribution in [2.75, 3.05) is 5.32 Å². The Morgan fingerprint density at radius 3 is 2.83 bits per heavy atom. The Bertz CT molecular complexity index is 947. The summed E-state index contributed by atoms with van der Waals surface area (Å²) in [6, 6.07) is 16.5. The molecule has 5 nitrogen and oxygen atoms in total. The summed E-state index contributed by atoms with van der Waals surface area (Å²) in [5, 5.41) is 3.82. The predicted molar refractivity (Wildman–Crippen MR) is 89.6 cm³/mol. The molecule has 0 fully saturated rings. The van der Waals surface area contributed by atoms with Gasteiger partial charge in [0, 0.05) is 17.1 Å². The van der Waals surface area contributed by atoms with Gasteiger partial charge in [0.25, 0.3) is 0 Å². The molecule has 0 unspecified atom stereocenters. The van der Waals surface area contributed by atoms with Crippen LogP contribution in [0.4, 0.5) is 5.69 Å². The van der Waals surface area contributed by atoms with E-state index < -0.39 is 6.10 Å². The zero-order chi connectivity index (χ0) is 16.5. The van der Waals surface area contributed by atoms with Gasteiger partial charge in [0.15, 0.2) is 0 Å². The molecule has 2 heterocycles. The molecular formula is C19H14N2O3. The fourth-order valence-corrected chi connectivity index (χ4v) is 2.95. The number of anilines is 1. The van der Waals surface area contributed by atoms with Crippen LogP contribution in [-0.4, -0.2) is 16.9 Å². The minimum atomic E-state index is -0.545. The molecule has 2 aromatic carbocycles. The molecule has 1 aliphatic heterocycles. The maximum atomic E-state index is 12.4. The summed E-state index contributed by atoms with van der Waals surface area (Å²) in [7, 11) is 0. The van der Waals surface area contributed by atoms with E-state index in [4.69, 9.17) is 4.74 Å². The Morgan fingerprint density at radius 1 is 1.08 bits per heavy atom. The number of nitrogens with one attached hydrogen (secondary N) is 1. The zero-order valence-corrected chi connectivity index (χ0v) is 12.7. The molecule has 0 saturated carbocycles. The predicted octanol–water partition coefficient (Wildman–Crippen LogP) is 3.48. The molecular weight excluding hydrogens is 304 g/mol. The number of carbonyl (C=O) groups is 2. The van der Waals surface area contributed by atoms with Gasteiger partial charge in [0.2, 0.25) is 5.91 Å². The molecule has 1 aliphatic rings. The van der Waals surface area contributed by atoms with Crippen LogP contribution >= 0.6 is 0 Å². The topological polar surface area (TPSA) is 68.3 Å². The smallest absolute Gasteiger partial charge is 0.339 e. The van der Waals surface area contributed by atoms with Gasteiger partial charge < -0.3 is 10.1 Å². The second-order valence-corrected chi connectivity index (χ2v) is 5.61. The number of rotatable bonds is 3. The Morgan fingerprint density at radius 2 is 1.92 bits per heavy atom. The quantitative estimate of drug-likeness (QED) is 0.751. The Hall–Kier alpha value is -3.21. The van der Waals surface area contributed by atoms with Crippen LogP contribution in [-0.2, 0) is 9.53 Å². The number of nitrogens with zero attached hydrogens (tertiary/aromatic N) is 1. The summed E-state index contributed by atoms with van der Waals surface area (Å²) < 4.78 is 5.31. The van der Waals surface area contributed by atoms with Crippen LogP contribution in [0.3, 0.4) is 0 Å². The van der Waals surface area contributed by atoms with Crippen molar-refractivity contribution in [1.82, 2.24) is 4.98 Å². The van der Waals surface area contributed by atoms with Crippen LogP contribution in [0.5, 0.6) is 0 Å². The summed E-state index contributed by atoms with van der Waals surface area (Å²) in [5.41, 5.74) is 2.67. The molecule has 5 heteroatoms. The first-order chi connectivity index (χ1) is 11.7. The highest BCUT2D eigenvalue weighted by atomic mass is 16.5. The molecule has 0 saturated heterocycles. The molecule has 24 heavy (non-hydrogen) atoms. The van der Waals surface area contributed by atoms with Gasteiger partial charge >= 0.3 is 5.97 Å². The van der Waals surface area contributed by atoms with E-state index in [9.17, 15) is 9.59 Å². The van der Waals surface area contributed by atoms with Gasteiger partial charge in [-0.3, -0.25) is 9.78 Å². The van der Waals surface area contributed by atoms with E-state index in [2.05, 4.69) is 10.3 Å². The van der Waals surface area contributed by atoms with E-state index in [1.54, 1.807) is 18.3 Å². The minimum Gasteiger partial charge on any atom is -0.453 e. The van der Waals surface area contributed by atoms with Gasteiger partial charge in [-0.25, -0.2) is 4.79 Å². The number of cyclic esters (lactones) is 1. The van der Waals surface area contributed by atoms with Crippen LogP contribution < -0.4 is 5.32 Å². The van der Waals surface area contributed by atoms with Crippen LogP contribution in [0.2, 0.25) is 0 Å². The van der Waals surface area contributed by atoms with E-state index in [1.165, 1.54) is 0 Å². The highest BCUT2D eigenvalue weighted by Crippen LogP contribution is 2.33. The van der Waals surface area contributed by atoms with E-state index in [-0.39, 0.29) is 18.3 Å². The largest absolute Gasteiger partial charge is 0.453 e. The average molecular weight is 318 g/mol. The molecule has 1 amide bonds. The molecule has 4 rings (SSSR count). The number of benzene rings is 2. The van der Waals surface area contributed by atoms with Crippen LogP contribution in [0.1, 0.15) is 28.4 Å². The van der Waals surface area contributed by atoms with Crippen LogP contribution in [0, 0.1) is 0 Å². The SMILES string of the molecule is O=C(C[C@H]1OC(=O)c2ccccc21)Nc1cccc2cccnc12. The Balaban J connectivity index is 1.55. The number of amides is 1. The van der Waals surface area contributed by atoms with Gasteiger partial charge in [-0.05, 0) is 18.2 Å². The second kappa shape index (κ2) is 5.77. The van der Waals surface area contributed by atoms with Gasteiger partial charge in [-0.2, -0.15) is 0 Å². The van der Waals surface area contributed by atoms with E-state index in [1.807, 2.05) is 42.5 Å². The maximum Gasteiger partial charge on any atom is 0.339 e. The fourth-order valence-electron chi connectivity index (χ4n) is 2.95. The first-order valence-corrected chi connectivity index (χ1v) is 7.66. The van der Waals surface area contributed by atoms with E-state index in [0.29, 0.717) is 11.3 Å². The number of hydrogen-bond acceptors (Lipinski definition) is 4. The molecule has 0 aliphatic carbocycles. The van der Waals surface area contributed by atoms with Crippen molar-refractivity contribution in [3.63, 3.8) is 0 Å². The number of fused-ring (bicyclic) bond motifs is 2. The zero-order valence-electron chi connectivity index (χ0n) is 12.7. The summed E-state index contributed by atoms with van der Waals surface area (Å²) >= 11 is 0. The lowest BCUT2D eigenvalue weighted by Gasteiger charge is -2.12. The summed E-state index contributed by atoms with van der Waals surface area (Å²) in [6.45, 7) is 0. The number of pyridine rings is 1. The third-order valence-corrected chi connectivity index (χ3v) is 4.05. The van der Waals surface area contributed by atoms with Crippen LogP contribution in [0.15, 0.2) is 60.8 Å². The molecule has 0 bridgehead atoms. The van der Waals surface area contributed by atoms with Gasteiger partial charge in [0.1, 0.15) is 6.10 Å². The lowest BCUT2D eigenvalue weighted by atomic mass is 10.0. The number of aromatic nitrogens is 1. The number of para-hydroxylation sites is 1. The molecule has 1 atom stereocenters. The van der Waals surface area contributed by atoms with Crippen molar-refractivity contribution in [3.8, 4) is 0 Å². The lowest BCUT2D eigenvalue weighted by molar-refractivity contribution is -0.118.